The van der Waals surface area contributed by atoms with Gasteiger partial charge in [-0.3, -0.25) is 14.3 Å². The van der Waals surface area contributed by atoms with Crippen molar-refractivity contribution >= 4 is 23.9 Å². The zero-order chi connectivity index (χ0) is 21.6. The summed E-state index contributed by atoms with van der Waals surface area (Å²) in [4.78, 5) is 28.9. The minimum atomic E-state index is -0.470. The smallest absolute Gasteiger partial charge is 0.257 e. The monoisotopic (exact) mass is 404 g/mol. The Balaban J connectivity index is 0.000000941. The maximum absolute atomic E-state index is 12.6. The van der Waals surface area contributed by atoms with Gasteiger partial charge in [-0.05, 0) is 19.1 Å². The Morgan fingerprint density at radius 3 is 2.69 bits per heavy atom. The number of primary amides is 1. The lowest BCUT2D eigenvalue weighted by molar-refractivity contribution is -0.106. The molecule has 3 rings (SSSR count). The number of hydrogen-bond acceptors (Lipinski definition) is 6. The van der Waals surface area contributed by atoms with E-state index in [4.69, 9.17) is 4.79 Å². The van der Waals surface area contributed by atoms with E-state index in [9.17, 15) is 9.18 Å². The average Bonchev–Trinajstić information content (AvgIpc) is 3.30. The number of aryl methyl sites for hydroxylation is 1. The van der Waals surface area contributed by atoms with Crippen LogP contribution in [0.1, 0.15) is 17.3 Å². The Labute approximate surface area is 167 Å². The van der Waals surface area contributed by atoms with Gasteiger partial charge in [-0.25, -0.2) is 8.91 Å². The summed E-state index contributed by atoms with van der Waals surface area (Å²) in [6.45, 7) is 2.29. The molecule has 0 saturated carbocycles. The van der Waals surface area contributed by atoms with E-state index in [0.717, 1.165) is 11.3 Å². The standard InChI is InChI=1S/C17H22FN7O.CH3NO/c1-5-22(2)16(26)13-11-19-24(4)15(13)12-6-8-25-14(10-12)20-17(21-25)23(3)9-7-18;2-1-3/h6,8,10-11H,5,7,9H2,1-4H3;1H,(H2,2,3). The number of rotatable bonds is 6. The fourth-order valence-electron chi connectivity index (χ4n) is 2.69. The molecule has 2 N–H and O–H groups in total. The molecule has 0 radical (unpaired) electrons. The number of aromatic nitrogens is 5. The van der Waals surface area contributed by atoms with Crippen molar-refractivity contribution in [3.63, 3.8) is 0 Å². The number of carbonyl (C=O) groups is 2. The maximum Gasteiger partial charge on any atom is 0.257 e. The van der Waals surface area contributed by atoms with Crippen molar-refractivity contribution in [1.82, 2.24) is 29.3 Å². The lowest BCUT2D eigenvalue weighted by Crippen LogP contribution is -2.26. The summed E-state index contributed by atoms with van der Waals surface area (Å²) in [5.41, 5.74) is 6.86. The molecule has 0 aliphatic rings. The third-order valence-electron chi connectivity index (χ3n) is 4.35. The van der Waals surface area contributed by atoms with E-state index in [0.29, 0.717) is 23.7 Å². The summed E-state index contributed by atoms with van der Waals surface area (Å²) in [6.07, 6.45) is 3.60. The first-order valence-corrected chi connectivity index (χ1v) is 8.94. The molecule has 0 aromatic carbocycles. The predicted molar refractivity (Wildman–Crippen MR) is 107 cm³/mol. The highest BCUT2D eigenvalue weighted by Gasteiger charge is 2.21. The van der Waals surface area contributed by atoms with Crippen molar-refractivity contribution in [3.05, 3.63) is 30.1 Å². The molecule has 3 aromatic rings. The third-order valence-corrected chi connectivity index (χ3v) is 4.35. The fraction of sp³-hybridized carbons (Fsp3) is 0.389. The van der Waals surface area contributed by atoms with E-state index in [1.807, 2.05) is 19.1 Å². The van der Waals surface area contributed by atoms with E-state index in [-0.39, 0.29) is 18.9 Å². The van der Waals surface area contributed by atoms with Gasteiger partial charge < -0.3 is 15.5 Å². The normalized spacial score (nSPS) is 10.4. The van der Waals surface area contributed by atoms with Crippen LogP contribution >= 0.6 is 0 Å². The first-order valence-electron chi connectivity index (χ1n) is 8.94. The molecule has 3 aromatic heterocycles. The van der Waals surface area contributed by atoms with Crippen LogP contribution in [-0.2, 0) is 11.8 Å². The summed E-state index contributed by atoms with van der Waals surface area (Å²) in [5, 5.41) is 8.59. The molecule has 156 valence electrons. The van der Waals surface area contributed by atoms with Gasteiger partial charge in [-0.15, -0.1) is 5.10 Å². The molecule has 3 heterocycles. The summed E-state index contributed by atoms with van der Waals surface area (Å²) in [7, 11) is 5.30. The van der Waals surface area contributed by atoms with Crippen LogP contribution in [0.5, 0.6) is 0 Å². The lowest BCUT2D eigenvalue weighted by atomic mass is 10.1. The number of carbonyl (C=O) groups excluding carboxylic acids is 2. The van der Waals surface area contributed by atoms with Gasteiger partial charge in [0.2, 0.25) is 12.4 Å². The Kier molecular flexibility index (Phi) is 7.23. The Morgan fingerprint density at radius 2 is 2.07 bits per heavy atom. The fourth-order valence-corrected chi connectivity index (χ4v) is 2.69. The van der Waals surface area contributed by atoms with Gasteiger partial charge in [-0.2, -0.15) is 10.1 Å². The van der Waals surface area contributed by atoms with Gasteiger partial charge in [0.15, 0.2) is 5.65 Å². The molecule has 0 saturated heterocycles. The van der Waals surface area contributed by atoms with Crippen LogP contribution in [0.2, 0.25) is 0 Å². The Hall–Kier alpha value is -3.50. The number of amides is 2. The molecular formula is C18H25FN8O2. The van der Waals surface area contributed by atoms with E-state index >= 15 is 0 Å². The second-order valence-corrected chi connectivity index (χ2v) is 6.23. The topological polar surface area (TPSA) is 115 Å². The number of nitrogens with two attached hydrogens (primary N) is 1. The second-order valence-electron chi connectivity index (χ2n) is 6.23. The maximum atomic E-state index is 12.6. The molecule has 0 bridgehead atoms. The molecule has 0 fully saturated rings. The first kappa shape index (κ1) is 21.8. The predicted octanol–water partition coefficient (Wildman–Crippen LogP) is 0.729. The lowest BCUT2D eigenvalue weighted by Gasteiger charge is -2.14. The molecule has 0 spiro atoms. The highest BCUT2D eigenvalue weighted by atomic mass is 19.1. The van der Waals surface area contributed by atoms with Crippen LogP contribution in [0.3, 0.4) is 0 Å². The van der Waals surface area contributed by atoms with Gasteiger partial charge in [-0.1, -0.05) is 0 Å². The molecule has 0 aliphatic heterocycles. The summed E-state index contributed by atoms with van der Waals surface area (Å²) in [6, 6.07) is 3.71. The van der Waals surface area contributed by atoms with Crippen LogP contribution in [-0.4, -0.2) is 75.5 Å². The van der Waals surface area contributed by atoms with Crippen molar-refractivity contribution < 1.29 is 14.0 Å². The number of pyridine rings is 1. The third kappa shape index (κ3) is 4.68. The minimum absolute atomic E-state index is 0.0830. The highest BCUT2D eigenvalue weighted by Crippen LogP contribution is 2.25. The Morgan fingerprint density at radius 1 is 1.38 bits per heavy atom. The van der Waals surface area contributed by atoms with Gasteiger partial charge >= 0.3 is 0 Å². The van der Waals surface area contributed by atoms with Gasteiger partial charge in [0.05, 0.1) is 17.5 Å². The molecule has 0 unspecified atom stereocenters. The molecule has 11 heteroatoms. The molecular weight excluding hydrogens is 379 g/mol. The van der Waals surface area contributed by atoms with Crippen molar-refractivity contribution in [3.8, 4) is 11.3 Å². The van der Waals surface area contributed by atoms with E-state index in [1.165, 1.54) is 0 Å². The number of alkyl halides is 1. The minimum Gasteiger partial charge on any atom is -0.372 e. The molecule has 2 amide bonds. The van der Waals surface area contributed by atoms with E-state index in [2.05, 4.69) is 20.9 Å². The summed E-state index contributed by atoms with van der Waals surface area (Å²) >= 11 is 0. The van der Waals surface area contributed by atoms with Gasteiger partial charge in [0, 0.05) is 46.0 Å². The van der Waals surface area contributed by atoms with Crippen LogP contribution in [0, 0.1) is 0 Å². The molecule has 0 aliphatic carbocycles. The first-order chi connectivity index (χ1) is 13.9. The Bertz CT molecular complexity index is 984. The number of fused-ring (bicyclic) bond motifs is 1. The zero-order valence-corrected chi connectivity index (χ0v) is 16.9. The van der Waals surface area contributed by atoms with Gasteiger partial charge in [0.1, 0.15) is 6.67 Å². The van der Waals surface area contributed by atoms with Crippen molar-refractivity contribution in [2.45, 2.75) is 6.92 Å². The van der Waals surface area contributed by atoms with Crippen LogP contribution in [0.25, 0.3) is 16.9 Å². The largest absolute Gasteiger partial charge is 0.372 e. The van der Waals surface area contributed by atoms with Crippen molar-refractivity contribution in [2.24, 2.45) is 12.8 Å². The van der Waals surface area contributed by atoms with Crippen LogP contribution in [0.4, 0.5) is 10.3 Å². The van der Waals surface area contributed by atoms with Crippen LogP contribution < -0.4 is 10.6 Å². The van der Waals surface area contributed by atoms with Gasteiger partial charge in [0.25, 0.3) is 5.91 Å². The SMILES string of the molecule is CCN(C)C(=O)c1cnn(C)c1-c1ccn2nc(N(C)CCF)nc2c1.NC=O. The zero-order valence-electron chi connectivity index (χ0n) is 16.9. The summed E-state index contributed by atoms with van der Waals surface area (Å²) < 4.78 is 15.8. The number of nitrogens with zero attached hydrogens (tertiary/aromatic N) is 7. The molecule has 10 nitrogen and oxygen atoms in total. The van der Waals surface area contributed by atoms with E-state index < -0.39 is 6.67 Å². The van der Waals surface area contributed by atoms with Crippen LogP contribution in [0.15, 0.2) is 24.5 Å². The van der Waals surface area contributed by atoms with Crippen molar-refractivity contribution in [1.29, 1.82) is 0 Å². The van der Waals surface area contributed by atoms with Crippen molar-refractivity contribution in [2.75, 3.05) is 38.8 Å². The molecule has 0 atom stereocenters. The number of hydrogen-bond donors (Lipinski definition) is 1. The quantitative estimate of drug-likeness (QED) is 0.606. The number of anilines is 1. The average molecular weight is 404 g/mol. The second kappa shape index (κ2) is 9.62. The summed E-state index contributed by atoms with van der Waals surface area (Å²) in [5.74, 6) is 0.368. The molecule has 29 heavy (non-hydrogen) atoms. The highest BCUT2D eigenvalue weighted by molar-refractivity contribution is 5.99. The van der Waals surface area contributed by atoms with E-state index in [1.54, 1.807) is 52.5 Å². The number of halogens is 1.